The molecule has 0 aliphatic carbocycles. The van der Waals surface area contributed by atoms with E-state index < -0.39 is 0 Å². The second-order valence-electron chi connectivity index (χ2n) is 6.19. The summed E-state index contributed by atoms with van der Waals surface area (Å²) >= 11 is 0. The summed E-state index contributed by atoms with van der Waals surface area (Å²) in [7, 11) is 1.56. The lowest BCUT2D eigenvalue weighted by atomic mass is 10.2. The van der Waals surface area contributed by atoms with Crippen molar-refractivity contribution in [2.75, 3.05) is 52.9 Å². The average Bonchev–Trinajstić information content (AvgIpc) is 2.65. The van der Waals surface area contributed by atoms with Crippen molar-refractivity contribution in [1.82, 2.24) is 19.6 Å². The average molecular weight is 296 g/mol. The first-order valence-corrected chi connectivity index (χ1v) is 7.44. The van der Waals surface area contributed by atoms with Gasteiger partial charge in [-0.2, -0.15) is 0 Å². The van der Waals surface area contributed by atoms with Crippen LogP contribution in [0.5, 0.6) is 0 Å². The van der Waals surface area contributed by atoms with E-state index in [4.69, 9.17) is 0 Å². The number of piperazine rings is 1. The molecule has 7 heteroatoms. The van der Waals surface area contributed by atoms with Gasteiger partial charge in [0.2, 0.25) is 5.91 Å². The molecule has 2 fully saturated rings. The Morgan fingerprint density at radius 3 is 2.24 bits per heavy atom. The van der Waals surface area contributed by atoms with Gasteiger partial charge in [-0.25, -0.2) is 4.79 Å². The first kappa shape index (κ1) is 15.8. The summed E-state index contributed by atoms with van der Waals surface area (Å²) in [6.45, 7) is 8.36. The van der Waals surface area contributed by atoms with E-state index in [9.17, 15) is 14.4 Å². The molecule has 0 aromatic heterocycles. The standard InChI is InChI=1S/C14H24N4O3/c1-11(2)8-16-4-6-17(7-5-16)12(19)10-18-13(20)9-15(3)14(18)21/h11H,4-10H2,1-3H3. The van der Waals surface area contributed by atoms with Gasteiger partial charge in [0.05, 0.1) is 0 Å². The largest absolute Gasteiger partial charge is 0.339 e. The van der Waals surface area contributed by atoms with Gasteiger partial charge in [-0.15, -0.1) is 0 Å². The predicted octanol–water partition coefficient (Wildman–Crippen LogP) is -0.319. The molecule has 0 radical (unpaired) electrons. The van der Waals surface area contributed by atoms with Gasteiger partial charge in [-0.1, -0.05) is 13.8 Å². The summed E-state index contributed by atoms with van der Waals surface area (Å²) < 4.78 is 0. The van der Waals surface area contributed by atoms with E-state index in [1.807, 2.05) is 0 Å². The van der Waals surface area contributed by atoms with E-state index in [1.54, 1.807) is 11.9 Å². The van der Waals surface area contributed by atoms with Crippen molar-refractivity contribution in [1.29, 1.82) is 0 Å². The second kappa shape index (κ2) is 6.43. The number of rotatable bonds is 4. The zero-order valence-corrected chi connectivity index (χ0v) is 13.0. The molecule has 118 valence electrons. The Kier molecular flexibility index (Phi) is 4.82. The van der Waals surface area contributed by atoms with Crippen LogP contribution >= 0.6 is 0 Å². The van der Waals surface area contributed by atoms with Crippen LogP contribution in [0.3, 0.4) is 0 Å². The van der Waals surface area contributed by atoms with E-state index in [-0.39, 0.29) is 30.9 Å². The van der Waals surface area contributed by atoms with Gasteiger partial charge in [-0.3, -0.25) is 19.4 Å². The van der Waals surface area contributed by atoms with Gasteiger partial charge < -0.3 is 9.80 Å². The van der Waals surface area contributed by atoms with E-state index in [2.05, 4.69) is 18.7 Å². The molecule has 2 rings (SSSR count). The SMILES string of the molecule is CC(C)CN1CCN(C(=O)CN2C(=O)CN(C)C2=O)CC1. The zero-order chi connectivity index (χ0) is 15.6. The Morgan fingerprint density at radius 2 is 1.76 bits per heavy atom. The summed E-state index contributed by atoms with van der Waals surface area (Å²) in [5, 5.41) is 0. The molecule has 2 aliphatic heterocycles. The number of amides is 4. The number of hydrogen-bond donors (Lipinski definition) is 0. The molecule has 0 aromatic carbocycles. The molecule has 7 nitrogen and oxygen atoms in total. The molecule has 2 heterocycles. The van der Waals surface area contributed by atoms with Crippen molar-refractivity contribution in [2.45, 2.75) is 13.8 Å². The van der Waals surface area contributed by atoms with Gasteiger partial charge in [0.25, 0.3) is 5.91 Å². The van der Waals surface area contributed by atoms with E-state index in [1.165, 1.54) is 4.90 Å². The van der Waals surface area contributed by atoms with Gasteiger partial charge in [-0.05, 0) is 5.92 Å². The van der Waals surface area contributed by atoms with Crippen molar-refractivity contribution in [2.24, 2.45) is 5.92 Å². The predicted molar refractivity (Wildman–Crippen MR) is 77.6 cm³/mol. The van der Waals surface area contributed by atoms with Crippen molar-refractivity contribution >= 4 is 17.8 Å². The number of imide groups is 1. The monoisotopic (exact) mass is 296 g/mol. The molecule has 0 unspecified atom stereocenters. The number of urea groups is 1. The molecular weight excluding hydrogens is 272 g/mol. The van der Waals surface area contributed by atoms with Crippen LogP contribution in [0.1, 0.15) is 13.8 Å². The quantitative estimate of drug-likeness (QED) is 0.667. The lowest BCUT2D eigenvalue weighted by molar-refractivity contribution is -0.137. The maximum absolute atomic E-state index is 12.2. The fourth-order valence-corrected chi connectivity index (χ4v) is 2.76. The maximum atomic E-state index is 12.2. The van der Waals surface area contributed by atoms with Gasteiger partial charge in [0, 0.05) is 39.8 Å². The molecule has 2 saturated heterocycles. The Balaban J connectivity index is 1.83. The first-order chi connectivity index (χ1) is 9.88. The van der Waals surface area contributed by atoms with Crippen molar-refractivity contribution in [3.8, 4) is 0 Å². The van der Waals surface area contributed by atoms with Gasteiger partial charge in [0.1, 0.15) is 13.1 Å². The Bertz CT molecular complexity index is 430. The number of carbonyl (C=O) groups excluding carboxylic acids is 3. The normalized spacial score (nSPS) is 20.9. The lowest BCUT2D eigenvalue weighted by Gasteiger charge is -2.36. The van der Waals surface area contributed by atoms with Crippen LogP contribution in [0.25, 0.3) is 0 Å². The molecule has 21 heavy (non-hydrogen) atoms. The Labute approximate surface area is 125 Å². The van der Waals surface area contributed by atoms with Crippen molar-refractivity contribution in [3.05, 3.63) is 0 Å². The molecule has 0 bridgehead atoms. The molecule has 4 amide bonds. The summed E-state index contributed by atoms with van der Waals surface area (Å²) in [6, 6.07) is -0.383. The van der Waals surface area contributed by atoms with Crippen molar-refractivity contribution < 1.29 is 14.4 Å². The van der Waals surface area contributed by atoms with Crippen molar-refractivity contribution in [3.63, 3.8) is 0 Å². The third-order valence-corrected chi connectivity index (χ3v) is 3.87. The van der Waals surface area contributed by atoms with Crippen LogP contribution in [-0.4, -0.2) is 90.3 Å². The smallest absolute Gasteiger partial charge is 0.327 e. The van der Waals surface area contributed by atoms with Crippen LogP contribution in [0, 0.1) is 5.92 Å². The summed E-state index contributed by atoms with van der Waals surface area (Å²) in [4.78, 5) is 42.1. The summed E-state index contributed by atoms with van der Waals surface area (Å²) in [5.74, 6) is 0.174. The van der Waals surface area contributed by atoms with Gasteiger partial charge in [0.15, 0.2) is 0 Å². The highest BCUT2D eigenvalue weighted by Gasteiger charge is 2.36. The van der Waals surface area contributed by atoms with Crippen LogP contribution in [0.2, 0.25) is 0 Å². The maximum Gasteiger partial charge on any atom is 0.327 e. The minimum Gasteiger partial charge on any atom is -0.339 e. The van der Waals surface area contributed by atoms with Crippen LogP contribution in [0.4, 0.5) is 4.79 Å². The molecule has 0 saturated carbocycles. The second-order valence-corrected chi connectivity index (χ2v) is 6.19. The fourth-order valence-electron chi connectivity index (χ4n) is 2.76. The van der Waals surface area contributed by atoms with E-state index in [0.717, 1.165) is 24.5 Å². The topological polar surface area (TPSA) is 64.2 Å². The molecule has 0 spiro atoms. The third-order valence-electron chi connectivity index (χ3n) is 3.87. The number of hydrogen-bond acceptors (Lipinski definition) is 4. The Morgan fingerprint density at radius 1 is 1.14 bits per heavy atom. The number of nitrogens with zero attached hydrogens (tertiary/aromatic N) is 4. The zero-order valence-electron chi connectivity index (χ0n) is 13.0. The molecule has 0 aromatic rings. The minimum atomic E-state index is -0.383. The first-order valence-electron chi connectivity index (χ1n) is 7.44. The molecule has 0 N–H and O–H groups in total. The van der Waals surface area contributed by atoms with E-state index in [0.29, 0.717) is 19.0 Å². The van der Waals surface area contributed by atoms with E-state index >= 15 is 0 Å². The number of carbonyl (C=O) groups is 3. The highest BCUT2D eigenvalue weighted by atomic mass is 16.2. The molecule has 0 atom stereocenters. The van der Waals surface area contributed by atoms with Crippen LogP contribution in [-0.2, 0) is 9.59 Å². The minimum absolute atomic E-state index is 0.0638. The Hall–Kier alpha value is -1.63. The molecule has 2 aliphatic rings. The summed E-state index contributed by atoms with van der Waals surface area (Å²) in [6.07, 6.45) is 0. The molecular formula is C14H24N4O3. The van der Waals surface area contributed by atoms with Crippen LogP contribution in [0.15, 0.2) is 0 Å². The van der Waals surface area contributed by atoms with Gasteiger partial charge >= 0.3 is 6.03 Å². The highest BCUT2D eigenvalue weighted by molar-refractivity contribution is 6.04. The number of likely N-dealkylation sites (N-methyl/N-ethyl adjacent to an activating group) is 1. The fraction of sp³-hybridized carbons (Fsp3) is 0.786. The van der Waals surface area contributed by atoms with Crippen LogP contribution < -0.4 is 0 Å². The lowest BCUT2D eigenvalue weighted by Crippen LogP contribution is -2.52. The highest BCUT2D eigenvalue weighted by Crippen LogP contribution is 2.10. The third kappa shape index (κ3) is 3.72. The summed E-state index contributed by atoms with van der Waals surface area (Å²) in [5.41, 5.74) is 0.